The molecule has 0 aromatic carbocycles. The Labute approximate surface area is 179 Å². The Morgan fingerprint density at radius 1 is 0.724 bits per heavy atom. The van der Waals surface area contributed by atoms with Crippen LogP contribution in [0, 0.1) is 0 Å². The van der Waals surface area contributed by atoms with Gasteiger partial charge in [-0.2, -0.15) is 0 Å². The van der Waals surface area contributed by atoms with Crippen molar-refractivity contribution in [1.82, 2.24) is 4.90 Å². The van der Waals surface area contributed by atoms with Gasteiger partial charge in [0.1, 0.15) is 6.61 Å². The summed E-state index contributed by atoms with van der Waals surface area (Å²) in [4.78, 5) is 13.8. The lowest BCUT2D eigenvalue weighted by molar-refractivity contribution is -0.138. The van der Waals surface area contributed by atoms with Gasteiger partial charge >= 0.3 is 5.97 Å². The largest absolute Gasteiger partial charge is 0.461 e. The first-order valence-electron chi connectivity index (χ1n) is 11.5. The van der Waals surface area contributed by atoms with Crippen molar-refractivity contribution in [3.05, 3.63) is 60.8 Å². The highest BCUT2D eigenvalue weighted by atomic mass is 16.5. The molecule has 0 saturated carbocycles. The molecule has 0 radical (unpaired) electrons. The average molecular weight is 402 g/mol. The Morgan fingerprint density at radius 2 is 1.28 bits per heavy atom. The number of likely N-dealkylation sites (N-methyl/N-ethyl adjacent to an activating group) is 1. The van der Waals surface area contributed by atoms with Gasteiger partial charge < -0.3 is 9.64 Å². The van der Waals surface area contributed by atoms with Crippen molar-refractivity contribution in [2.75, 3.05) is 26.2 Å². The second kappa shape index (κ2) is 22.4. The Bertz CT molecular complexity index is 511. The van der Waals surface area contributed by atoms with Crippen molar-refractivity contribution in [1.29, 1.82) is 0 Å². The Morgan fingerprint density at radius 3 is 1.90 bits per heavy atom. The van der Waals surface area contributed by atoms with Gasteiger partial charge in [0.25, 0.3) is 0 Å². The molecule has 0 aliphatic rings. The molecule has 0 aromatic rings. The van der Waals surface area contributed by atoms with Crippen LogP contribution in [-0.4, -0.2) is 37.1 Å². The topological polar surface area (TPSA) is 29.5 Å². The third kappa shape index (κ3) is 20.7. The molecule has 0 saturated heterocycles. The van der Waals surface area contributed by atoms with E-state index in [0.717, 1.165) is 26.1 Å². The average Bonchev–Trinajstić information content (AvgIpc) is 2.73. The Kier molecular flexibility index (Phi) is 21.0. The minimum atomic E-state index is -0.295. The molecule has 3 nitrogen and oxygen atoms in total. The van der Waals surface area contributed by atoms with Crippen LogP contribution in [0.25, 0.3) is 0 Å². The van der Waals surface area contributed by atoms with Crippen molar-refractivity contribution in [3.8, 4) is 0 Å². The van der Waals surface area contributed by atoms with E-state index in [0.29, 0.717) is 6.61 Å². The maximum Gasteiger partial charge on any atom is 0.330 e. The van der Waals surface area contributed by atoms with Gasteiger partial charge in [0.05, 0.1) is 0 Å². The second-order valence-corrected chi connectivity index (χ2v) is 7.05. The summed E-state index contributed by atoms with van der Waals surface area (Å²) in [6, 6.07) is 0. The van der Waals surface area contributed by atoms with Crippen molar-refractivity contribution < 1.29 is 9.53 Å². The van der Waals surface area contributed by atoms with E-state index in [2.05, 4.69) is 43.9 Å². The summed E-state index contributed by atoms with van der Waals surface area (Å²) in [6.07, 6.45) is 29.9. The number of nitrogens with zero attached hydrogens (tertiary/aromatic N) is 1. The molecular formula is C26H43NO2. The molecule has 0 amide bonds. The summed E-state index contributed by atoms with van der Waals surface area (Å²) in [6.45, 7) is 9.63. The highest BCUT2D eigenvalue weighted by molar-refractivity contribution is 5.82. The standard InChI is InChI=1S/C26H43NO2/c1-4-7-8-9-10-11-12-13-14-15-16-17-18-19-20-21-22-23-26(28)29-25-24-27(5-2)6-3/h14-23H,4-13,24-25H2,1-3H3. The fourth-order valence-corrected chi connectivity index (χ4v) is 2.78. The molecule has 0 aliphatic carbocycles. The van der Waals surface area contributed by atoms with Gasteiger partial charge in [-0.3, -0.25) is 0 Å². The van der Waals surface area contributed by atoms with E-state index >= 15 is 0 Å². The van der Waals surface area contributed by atoms with Crippen LogP contribution < -0.4 is 0 Å². The fraction of sp³-hybridized carbons (Fsp3) is 0.577. The molecule has 0 N–H and O–H groups in total. The van der Waals surface area contributed by atoms with Gasteiger partial charge in [-0.15, -0.1) is 0 Å². The normalized spacial score (nSPS) is 12.7. The predicted molar refractivity (Wildman–Crippen MR) is 127 cm³/mol. The number of carbonyl (C=O) groups is 1. The molecule has 0 atom stereocenters. The number of carbonyl (C=O) groups excluding carboxylic acids is 1. The summed E-state index contributed by atoms with van der Waals surface area (Å²) in [5.74, 6) is -0.295. The number of allylic oxidation sites excluding steroid dienone is 9. The Hall–Kier alpha value is -1.87. The summed E-state index contributed by atoms with van der Waals surface area (Å²) < 4.78 is 5.17. The quantitative estimate of drug-likeness (QED) is 0.110. The first-order valence-corrected chi connectivity index (χ1v) is 11.5. The summed E-state index contributed by atoms with van der Waals surface area (Å²) in [5.41, 5.74) is 0. The minimum absolute atomic E-state index is 0.295. The van der Waals surface area contributed by atoms with Crippen LogP contribution in [0.4, 0.5) is 0 Å². The monoisotopic (exact) mass is 401 g/mol. The number of rotatable bonds is 18. The molecule has 29 heavy (non-hydrogen) atoms. The molecule has 0 unspecified atom stereocenters. The molecule has 0 rings (SSSR count). The van der Waals surface area contributed by atoms with Crippen LogP contribution in [0.1, 0.15) is 72.1 Å². The van der Waals surface area contributed by atoms with Crippen LogP contribution >= 0.6 is 0 Å². The van der Waals surface area contributed by atoms with E-state index in [9.17, 15) is 4.79 Å². The molecular weight excluding hydrogens is 358 g/mol. The maximum atomic E-state index is 11.6. The van der Waals surface area contributed by atoms with Crippen molar-refractivity contribution in [3.63, 3.8) is 0 Å². The van der Waals surface area contributed by atoms with Gasteiger partial charge in [0, 0.05) is 12.6 Å². The molecule has 0 aliphatic heterocycles. The van der Waals surface area contributed by atoms with Crippen LogP contribution in [0.3, 0.4) is 0 Å². The van der Waals surface area contributed by atoms with E-state index in [1.807, 2.05) is 30.4 Å². The number of ether oxygens (including phenoxy) is 1. The van der Waals surface area contributed by atoms with Crippen LogP contribution in [0.2, 0.25) is 0 Å². The van der Waals surface area contributed by atoms with E-state index < -0.39 is 0 Å². The summed E-state index contributed by atoms with van der Waals surface area (Å²) >= 11 is 0. The smallest absolute Gasteiger partial charge is 0.330 e. The summed E-state index contributed by atoms with van der Waals surface area (Å²) in [5, 5.41) is 0. The van der Waals surface area contributed by atoms with Crippen LogP contribution in [0.15, 0.2) is 60.8 Å². The fourth-order valence-electron chi connectivity index (χ4n) is 2.78. The Balaban J connectivity index is 3.70. The molecule has 0 bridgehead atoms. The zero-order chi connectivity index (χ0) is 21.4. The van der Waals surface area contributed by atoms with Crippen molar-refractivity contribution >= 4 is 5.97 Å². The van der Waals surface area contributed by atoms with Crippen LogP contribution in [0.5, 0.6) is 0 Å². The molecule has 0 aromatic heterocycles. The molecule has 0 heterocycles. The van der Waals surface area contributed by atoms with Gasteiger partial charge in [0.15, 0.2) is 0 Å². The van der Waals surface area contributed by atoms with Crippen molar-refractivity contribution in [2.45, 2.75) is 72.1 Å². The minimum Gasteiger partial charge on any atom is -0.461 e. The van der Waals surface area contributed by atoms with Crippen molar-refractivity contribution in [2.24, 2.45) is 0 Å². The first-order chi connectivity index (χ1) is 14.2. The lowest BCUT2D eigenvalue weighted by Gasteiger charge is -2.16. The maximum absolute atomic E-state index is 11.6. The lowest BCUT2D eigenvalue weighted by atomic mass is 10.1. The van der Waals surface area contributed by atoms with Crippen LogP contribution in [-0.2, 0) is 9.53 Å². The van der Waals surface area contributed by atoms with E-state index in [1.165, 1.54) is 51.0 Å². The van der Waals surface area contributed by atoms with Gasteiger partial charge in [-0.1, -0.05) is 114 Å². The second-order valence-electron chi connectivity index (χ2n) is 7.05. The highest BCUT2D eigenvalue weighted by Crippen LogP contribution is 2.08. The van der Waals surface area contributed by atoms with E-state index in [1.54, 1.807) is 6.08 Å². The lowest BCUT2D eigenvalue weighted by Crippen LogP contribution is -2.27. The van der Waals surface area contributed by atoms with Gasteiger partial charge in [-0.25, -0.2) is 4.79 Å². The summed E-state index contributed by atoms with van der Waals surface area (Å²) in [7, 11) is 0. The number of hydrogen-bond acceptors (Lipinski definition) is 3. The molecule has 3 heteroatoms. The van der Waals surface area contributed by atoms with E-state index in [-0.39, 0.29) is 5.97 Å². The zero-order valence-electron chi connectivity index (χ0n) is 19.0. The predicted octanol–water partition coefficient (Wildman–Crippen LogP) is 6.79. The van der Waals surface area contributed by atoms with Gasteiger partial charge in [-0.05, 0) is 25.9 Å². The van der Waals surface area contributed by atoms with Gasteiger partial charge in [0.2, 0.25) is 0 Å². The molecule has 0 spiro atoms. The first kappa shape index (κ1) is 27.1. The van der Waals surface area contributed by atoms with E-state index in [4.69, 9.17) is 4.74 Å². The number of esters is 1. The SMILES string of the molecule is CCCCCCCCCC=CC=CC=CC=CC=CC(=O)OCCN(CC)CC. The molecule has 164 valence electrons. The highest BCUT2D eigenvalue weighted by Gasteiger charge is 2.00. The number of hydrogen-bond donors (Lipinski definition) is 0. The third-order valence-electron chi connectivity index (χ3n) is 4.67. The zero-order valence-corrected chi connectivity index (χ0v) is 19.0. The third-order valence-corrected chi connectivity index (χ3v) is 4.67. The number of unbranched alkanes of at least 4 members (excludes halogenated alkanes) is 7. The molecule has 0 fully saturated rings.